The van der Waals surface area contributed by atoms with Crippen LogP contribution in [0.15, 0.2) is 39.7 Å². The van der Waals surface area contributed by atoms with Crippen LogP contribution in [0.2, 0.25) is 4.34 Å². The second kappa shape index (κ2) is 6.45. The van der Waals surface area contributed by atoms with Gasteiger partial charge in [0.05, 0.1) is 15.8 Å². The first-order chi connectivity index (χ1) is 11.7. The normalized spacial score (nSPS) is 11.7. The lowest BCUT2D eigenvalue weighted by Gasteiger charge is -2.04. The number of carbonyl (C=O) groups excluding carboxylic acids is 1. The molecule has 0 spiro atoms. The third kappa shape index (κ3) is 3.80. The van der Waals surface area contributed by atoms with Crippen LogP contribution in [0.5, 0.6) is 0 Å². The van der Waals surface area contributed by atoms with Crippen molar-refractivity contribution in [3.8, 4) is 11.5 Å². The van der Waals surface area contributed by atoms with Gasteiger partial charge >= 0.3 is 12.1 Å². The topological polar surface area (TPSA) is 78.0 Å². The minimum absolute atomic E-state index is 0.0240. The van der Waals surface area contributed by atoms with Gasteiger partial charge in [-0.05, 0) is 18.2 Å². The Labute approximate surface area is 146 Å². The minimum atomic E-state index is -4.77. The molecule has 0 unspecified atom stereocenters. The number of carbonyl (C=O) groups is 1. The summed E-state index contributed by atoms with van der Waals surface area (Å²) >= 11 is 6.84. The molecule has 0 aliphatic carbocycles. The van der Waals surface area contributed by atoms with Gasteiger partial charge in [0, 0.05) is 17.8 Å². The van der Waals surface area contributed by atoms with Gasteiger partial charge in [-0.1, -0.05) is 11.6 Å². The van der Waals surface area contributed by atoms with Crippen molar-refractivity contribution < 1.29 is 22.4 Å². The number of halogens is 4. The standard InChI is InChI=1S/C14H7ClF3N3O3S/c15-10-2-1-9(25-10)8(22)6-21-4-3-7(5-11(21)23)12-19-20-13(24-12)14(16,17)18/h1-5H,6H2. The van der Waals surface area contributed by atoms with E-state index in [2.05, 4.69) is 14.6 Å². The van der Waals surface area contributed by atoms with Crippen molar-refractivity contribution in [1.82, 2.24) is 14.8 Å². The Morgan fingerprint density at radius 3 is 2.60 bits per heavy atom. The fourth-order valence-electron chi connectivity index (χ4n) is 1.92. The van der Waals surface area contributed by atoms with Gasteiger partial charge < -0.3 is 8.98 Å². The van der Waals surface area contributed by atoms with Gasteiger partial charge in [-0.25, -0.2) is 0 Å². The molecular formula is C14H7ClF3N3O3S. The SMILES string of the molecule is O=C(Cn1ccc(-c2nnc(C(F)(F)F)o2)cc1=O)c1ccc(Cl)s1. The molecule has 6 nitrogen and oxygen atoms in total. The van der Waals surface area contributed by atoms with Crippen molar-refractivity contribution in [2.45, 2.75) is 12.7 Å². The first kappa shape index (κ1) is 17.4. The lowest BCUT2D eigenvalue weighted by atomic mass is 10.2. The Bertz CT molecular complexity index is 993. The average Bonchev–Trinajstić information content (AvgIpc) is 3.17. The summed E-state index contributed by atoms with van der Waals surface area (Å²) in [7, 11) is 0. The molecule has 3 aromatic heterocycles. The average molecular weight is 390 g/mol. The van der Waals surface area contributed by atoms with Crippen LogP contribution >= 0.6 is 22.9 Å². The predicted molar refractivity (Wildman–Crippen MR) is 82.7 cm³/mol. The maximum atomic E-state index is 12.5. The molecular weight excluding hydrogens is 383 g/mol. The zero-order chi connectivity index (χ0) is 18.2. The summed E-state index contributed by atoms with van der Waals surface area (Å²) in [5.41, 5.74) is -0.573. The molecule has 11 heteroatoms. The van der Waals surface area contributed by atoms with E-state index in [4.69, 9.17) is 11.6 Å². The van der Waals surface area contributed by atoms with Gasteiger partial charge in [-0.15, -0.1) is 21.5 Å². The number of Topliss-reactive ketones (excluding diaryl/α,β-unsaturated/α-hetero) is 1. The van der Waals surface area contributed by atoms with Crippen molar-refractivity contribution in [1.29, 1.82) is 0 Å². The molecule has 130 valence electrons. The second-order valence-corrected chi connectivity index (χ2v) is 6.53. The molecule has 0 N–H and O–H groups in total. The molecule has 0 bridgehead atoms. The molecule has 0 radical (unpaired) electrons. The highest BCUT2D eigenvalue weighted by molar-refractivity contribution is 7.18. The lowest BCUT2D eigenvalue weighted by Crippen LogP contribution is -2.22. The van der Waals surface area contributed by atoms with E-state index >= 15 is 0 Å². The van der Waals surface area contributed by atoms with E-state index in [1.165, 1.54) is 12.3 Å². The Morgan fingerprint density at radius 1 is 1.28 bits per heavy atom. The zero-order valence-electron chi connectivity index (χ0n) is 12.1. The summed E-state index contributed by atoms with van der Waals surface area (Å²) in [6.07, 6.45) is -3.50. The second-order valence-electron chi connectivity index (χ2n) is 4.82. The monoisotopic (exact) mass is 389 g/mol. The minimum Gasteiger partial charge on any atom is -0.413 e. The van der Waals surface area contributed by atoms with Gasteiger partial charge in [-0.2, -0.15) is 13.2 Å². The molecule has 0 aliphatic rings. The molecule has 0 amide bonds. The predicted octanol–water partition coefficient (Wildman–Crippen LogP) is 3.51. The van der Waals surface area contributed by atoms with Crippen LogP contribution < -0.4 is 5.56 Å². The number of thiophene rings is 1. The van der Waals surface area contributed by atoms with Crippen LogP contribution in [-0.2, 0) is 12.7 Å². The van der Waals surface area contributed by atoms with E-state index in [-0.39, 0.29) is 17.9 Å². The Morgan fingerprint density at radius 2 is 2.04 bits per heavy atom. The molecule has 3 rings (SSSR count). The van der Waals surface area contributed by atoms with E-state index < -0.39 is 23.5 Å². The molecule has 3 aromatic rings. The summed E-state index contributed by atoms with van der Waals surface area (Å²) in [5.74, 6) is -2.26. The number of ketones is 1. The summed E-state index contributed by atoms with van der Waals surface area (Å²) in [6.45, 7) is -0.229. The molecule has 3 heterocycles. The van der Waals surface area contributed by atoms with Crippen LogP contribution in [0, 0.1) is 0 Å². The summed E-state index contributed by atoms with van der Waals surface area (Å²) in [6, 6.07) is 5.44. The summed E-state index contributed by atoms with van der Waals surface area (Å²) < 4.78 is 43.4. The highest BCUT2D eigenvalue weighted by atomic mass is 35.5. The number of hydrogen-bond acceptors (Lipinski definition) is 6. The zero-order valence-corrected chi connectivity index (χ0v) is 13.7. The molecule has 0 aromatic carbocycles. The summed E-state index contributed by atoms with van der Waals surface area (Å²) in [5, 5.41) is 6.16. The van der Waals surface area contributed by atoms with Gasteiger partial charge in [0.25, 0.3) is 5.56 Å². The van der Waals surface area contributed by atoms with E-state index in [1.807, 2.05) is 0 Å². The van der Waals surface area contributed by atoms with Crippen LogP contribution in [0.25, 0.3) is 11.5 Å². The number of hydrogen-bond donors (Lipinski definition) is 0. The van der Waals surface area contributed by atoms with Crippen LogP contribution in [0.1, 0.15) is 15.6 Å². The molecule has 0 atom stereocenters. The molecule has 0 saturated carbocycles. The van der Waals surface area contributed by atoms with Crippen molar-refractivity contribution >= 4 is 28.7 Å². The lowest BCUT2D eigenvalue weighted by molar-refractivity contribution is -0.156. The maximum absolute atomic E-state index is 12.5. The fourth-order valence-corrected chi connectivity index (χ4v) is 2.90. The Balaban J connectivity index is 1.82. The van der Waals surface area contributed by atoms with Gasteiger partial charge in [0.2, 0.25) is 5.89 Å². The number of alkyl halides is 3. The fraction of sp³-hybridized carbons (Fsp3) is 0.143. The first-order valence-corrected chi connectivity index (χ1v) is 7.83. The van der Waals surface area contributed by atoms with Gasteiger partial charge in [0.15, 0.2) is 5.78 Å². The first-order valence-electron chi connectivity index (χ1n) is 6.64. The molecule has 0 aliphatic heterocycles. The molecule has 0 fully saturated rings. The Kier molecular flexibility index (Phi) is 4.48. The molecule has 25 heavy (non-hydrogen) atoms. The molecule has 0 saturated heterocycles. The van der Waals surface area contributed by atoms with Crippen LogP contribution in [-0.4, -0.2) is 20.5 Å². The van der Waals surface area contributed by atoms with Gasteiger partial charge in [0.1, 0.15) is 0 Å². The van der Waals surface area contributed by atoms with E-state index in [9.17, 15) is 22.8 Å². The summed E-state index contributed by atoms with van der Waals surface area (Å²) in [4.78, 5) is 24.5. The van der Waals surface area contributed by atoms with E-state index in [0.29, 0.717) is 9.21 Å². The quantitative estimate of drug-likeness (QED) is 0.638. The third-order valence-corrected chi connectivity index (χ3v) is 4.34. The van der Waals surface area contributed by atoms with Crippen molar-refractivity contribution in [3.63, 3.8) is 0 Å². The smallest absolute Gasteiger partial charge is 0.413 e. The highest BCUT2D eigenvalue weighted by Gasteiger charge is 2.38. The number of rotatable bonds is 4. The van der Waals surface area contributed by atoms with Crippen molar-refractivity contribution in [3.05, 3.63) is 55.9 Å². The Hall–Kier alpha value is -2.46. The van der Waals surface area contributed by atoms with Crippen LogP contribution in [0.3, 0.4) is 0 Å². The highest BCUT2D eigenvalue weighted by Crippen LogP contribution is 2.30. The van der Waals surface area contributed by atoms with E-state index in [1.54, 1.807) is 12.1 Å². The van der Waals surface area contributed by atoms with Crippen molar-refractivity contribution in [2.24, 2.45) is 0 Å². The van der Waals surface area contributed by atoms with Crippen molar-refractivity contribution in [2.75, 3.05) is 0 Å². The maximum Gasteiger partial charge on any atom is 0.470 e. The number of nitrogens with zero attached hydrogens (tertiary/aromatic N) is 3. The van der Waals surface area contributed by atoms with E-state index in [0.717, 1.165) is 22.0 Å². The third-order valence-electron chi connectivity index (χ3n) is 3.07. The largest absolute Gasteiger partial charge is 0.470 e. The van der Waals surface area contributed by atoms with Crippen LogP contribution in [0.4, 0.5) is 13.2 Å². The number of pyridine rings is 1. The number of aromatic nitrogens is 3. The van der Waals surface area contributed by atoms with Gasteiger partial charge in [-0.3, -0.25) is 9.59 Å².